The van der Waals surface area contributed by atoms with Crippen LogP contribution in [0, 0.1) is 13.8 Å². The van der Waals surface area contributed by atoms with Crippen LogP contribution >= 0.6 is 0 Å². The standard InChI is InChI=1S/C17H16O3S/c1-12-5-3-8-15(9-12)20-11-16-10-14-7-4-6-13(2)17(14)21(16,18)19/h3-10H,11H2,1-2H3. The van der Waals surface area contributed by atoms with Gasteiger partial charge >= 0.3 is 0 Å². The lowest BCUT2D eigenvalue weighted by molar-refractivity contribution is 0.359. The van der Waals surface area contributed by atoms with E-state index in [1.165, 1.54) is 0 Å². The van der Waals surface area contributed by atoms with E-state index in [4.69, 9.17) is 4.74 Å². The second kappa shape index (κ2) is 5.04. The van der Waals surface area contributed by atoms with E-state index in [2.05, 4.69) is 0 Å². The summed E-state index contributed by atoms with van der Waals surface area (Å²) in [5.41, 5.74) is 2.60. The molecule has 21 heavy (non-hydrogen) atoms. The molecule has 3 nitrogen and oxygen atoms in total. The van der Waals surface area contributed by atoms with Gasteiger partial charge in [-0.05, 0) is 48.7 Å². The van der Waals surface area contributed by atoms with Crippen LogP contribution in [0.25, 0.3) is 6.08 Å². The van der Waals surface area contributed by atoms with Crippen molar-refractivity contribution >= 4 is 15.9 Å². The molecule has 3 rings (SSSR count). The highest BCUT2D eigenvalue weighted by Gasteiger charge is 2.31. The van der Waals surface area contributed by atoms with E-state index in [1.54, 1.807) is 6.08 Å². The van der Waals surface area contributed by atoms with Crippen LogP contribution in [-0.4, -0.2) is 15.0 Å². The highest BCUT2D eigenvalue weighted by molar-refractivity contribution is 7.96. The van der Waals surface area contributed by atoms with Crippen molar-refractivity contribution in [3.63, 3.8) is 0 Å². The molecule has 0 radical (unpaired) electrons. The normalized spacial score (nSPS) is 15.4. The molecule has 0 saturated carbocycles. The first-order chi connectivity index (χ1) is 9.98. The van der Waals surface area contributed by atoms with Gasteiger partial charge in [-0.1, -0.05) is 30.3 Å². The van der Waals surface area contributed by atoms with E-state index < -0.39 is 9.84 Å². The Hall–Kier alpha value is -2.07. The van der Waals surface area contributed by atoms with Crippen LogP contribution in [0.1, 0.15) is 16.7 Å². The van der Waals surface area contributed by atoms with Gasteiger partial charge in [0.25, 0.3) is 0 Å². The molecule has 0 saturated heterocycles. The Morgan fingerprint density at radius 1 is 1.05 bits per heavy atom. The average Bonchev–Trinajstić information content (AvgIpc) is 2.69. The molecule has 0 amide bonds. The zero-order chi connectivity index (χ0) is 15.0. The number of ether oxygens (including phenoxy) is 1. The summed E-state index contributed by atoms with van der Waals surface area (Å²) in [6, 6.07) is 13.1. The van der Waals surface area contributed by atoms with Crippen molar-refractivity contribution in [3.05, 3.63) is 64.1 Å². The SMILES string of the molecule is Cc1cccc(OCC2=Cc3cccc(C)c3S2(=O)=O)c1. The number of benzene rings is 2. The van der Waals surface area contributed by atoms with Crippen molar-refractivity contribution in [1.29, 1.82) is 0 Å². The summed E-state index contributed by atoms with van der Waals surface area (Å²) >= 11 is 0. The van der Waals surface area contributed by atoms with Crippen molar-refractivity contribution < 1.29 is 13.2 Å². The van der Waals surface area contributed by atoms with Crippen LogP contribution in [0.15, 0.2) is 52.3 Å². The van der Waals surface area contributed by atoms with Gasteiger partial charge in [0, 0.05) is 0 Å². The molecule has 0 aromatic heterocycles. The topological polar surface area (TPSA) is 43.4 Å². The lowest BCUT2D eigenvalue weighted by Crippen LogP contribution is -2.10. The minimum Gasteiger partial charge on any atom is -0.488 e. The van der Waals surface area contributed by atoms with Gasteiger partial charge in [-0.2, -0.15) is 0 Å². The van der Waals surface area contributed by atoms with Crippen LogP contribution in [0.4, 0.5) is 0 Å². The van der Waals surface area contributed by atoms with Crippen LogP contribution < -0.4 is 4.74 Å². The monoisotopic (exact) mass is 300 g/mol. The smallest absolute Gasteiger partial charge is 0.207 e. The Kier molecular flexibility index (Phi) is 3.33. The molecule has 0 unspecified atom stereocenters. The Bertz CT molecular complexity index is 833. The Morgan fingerprint density at radius 3 is 2.52 bits per heavy atom. The van der Waals surface area contributed by atoms with E-state index in [-0.39, 0.29) is 6.61 Å². The third kappa shape index (κ3) is 2.47. The fourth-order valence-corrected chi connectivity index (χ4v) is 4.20. The molecular formula is C17H16O3S. The lowest BCUT2D eigenvalue weighted by Gasteiger charge is -2.09. The third-order valence-corrected chi connectivity index (χ3v) is 5.56. The Morgan fingerprint density at radius 2 is 1.81 bits per heavy atom. The zero-order valence-corrected chi connectivity index (χ0v) is 12.8. The van der Waals surface area contributed by atoms with Crippen LogP contribution in [-0.2, 0) is 9.84 Å². The number of sulfone groups is 1. The van der Waals surface area contributed by atoms with E-state index in [0.717, 1.165) is 16.7 Å². The molecule has 0 spiro atoms. The maximum absolute atomic E-state index is 12.5. The van der Waals surface area contributed by atoms with Crippen LogP contribution in [0.5, 0.6) is 5.75 Å². The summed E-state index contributed by atoms with van der Waals surface area (Å²) in [7, 11) is -3.42. The second-order valence-corrected chi connectivity index (χ2v) is 7.15. The molecule has 2 aromatic rings. The summed E-state index contributed by atoms with van der Waals surface area (Å²) in [5.74, 6) is 0.679. The maximum Gasteiger partial charge on any atom is 0.207 e. The molecule has 2 aromatic carbocycles. The first-order valence-electron chi connectivity index (χ1n) is 6.73. The Labute approximate surface area is 124 Å². The van der Waals surface area contributed by atoms with Gasteiger partial charge in [0.1, 0.15) is 12.4 Å². The molecule has 0 atom stereocenters. The summed E-state index contributed by atoms with van der Waals surface area (Å²) < 4.78 is 30.7. The van der Waals surface area contributed by atoms with Gasteiger partial charge in [0.05, 0.1) is 9.80 Å². The zero-order valence-electron chi connectivity index (χ0n) is 12.0. The first kappa shape index (κ1) is 13.9. The van der Waals surface area contributed by atoms with Crippen molar-refractivity contribution in [1.82, 2.24) is 0 Å². The first-order valence-corrected chi connectivity index (χ1v) is 8.21. The van der Waals surface area contributed by atoms with Gasteiger partial charge in [-0.15, -0.1) is 0 Å². The van der Waals surface area contributed by atoms with Crippen molar-refractivity contribution in [3.8, 4) is 5.75 Å². The Balaban J connectivity index is 1.87. The lowest BCUT2D eigenvalue weighted by atomic mass is 10.1. The van der Waals surface area contributed by atoms with Gasteiger partial charge < -0.3 is 4.74 Å². The molecule has 1 aliphatic heterocycles. The summed E-state index contributed by atoms with van der Waals surface area (Å²) in [6.45, 7) is 3.84. The average molecular weight is 300 g/mol. The minimum absolute atomic E-state index is 0.0555. The molecule has 0 aliphatic carbocycles. The predicted molar refractivity (Wildman–Crippen MR) is 83.0 cm³/mol. The summed E-state index contributed by atoms with van der Waals surface area (Å²) in [5, 5.41) is 0. The number of hydrogen-bond donors (Lipinski definition) is 0. The second-order valence-electron chi connectivity index (χ2n) is 5.21. The number of aryl methyl sites for hydroxylation is 2. The molecule has 1 heterocycles. The molecule has 108 valence electrons. The van der Waals surface area contributed by atoms with Crippen molar-refractivity contribution in [2.24, 2.45) is 0 Å². The van der Waals surface area contributed by atoms with Gasteiger partial charge in [0.15, 0.2) is 0 Å². The number of rotatable bonds is 3. The van der Waals surface area contributed by atoms with Crippen LogP contribution in [0.2, 0.25) is 0 Å². The largest absolute Gasteiger partial charge is 0.488 e. The van der Waals surface area contributed by atoms with E-state index >= 15 is 0 Å². The molecule has 0 N–H and O–H groups in total. The molecule has 1 aliphatic rings. The van der Waals surface area contributed by atoms with E-state index in [9.17, 15) is 8.42 Å². The van der Waals surface area contributed by atoms with Gasteiger partial charge in [-0.3, -0.25) is 0 Å². The van der Waals surface area contributed by atoms with Crippen LogP contribution in [0.3, 0.4) is 0 Å². The minimum atomic E-state index is -3.42. The third-order valence-electron chi connectivity index (χ3n) is 3.54. The summed E-state index contributed by atoms with van der Waals surface area (Å²) in [6.07, 6.45) is 1.70. The molecular weight excluding hydrogens is 284 g/mol. The van der Waals surface area contributed by atoms with Crippen molar-refractivity contribution in [2.75, 3.05) is 6.61 Å². The summed E-state index contributed by atoms with van der Waals surface area (Å²) in [4.78, 5) is 0.723. The van der Waals surface area contributed by atoms with E-state index in [1.807, 2.05) is 56.3 Å². The highest BCUT2D eigenvalue weighted by atomic mass is 32.2. The van der Waals surface area contributed by atoms with Crippen molar-refractivity contribution in [2.45, 2.75) is 18.7 Å². The molecule has 0 fully saturated rings. The number of hydrogen-bond acceptors (Lipinski definition) is 3. The molecule has 4 heteroatoms. The van der Waals surface area contributed by atoms with Gasteiger partial charge in [-0.25, -0.2) is 8.42 Å². The predicted octanol–water partition coefficient (Wildman–Crippen LogP) is 3.51. The van der Waals surface area contributed by atoms with E-state index in [0.29, 0.717) is 15.6 Å². The molecule has 0 bridgehead atoms. The number of fused-ring (bicyclic) bond motifs is 1. The fraction of sp³-hybridized carbons (Fsp3) is 0.176. The van der Waals surface area contributed by atoms with Gasteiger partial charge in [0.2, 0.25) is 9.84 Å². The highest BCUT2D eigenvalue weighted by Crippen LogP contribution is 2.35. The quantitative estimate of drug-likeness (QED) is 0.871. The fourth-order valence-electron chi connectivity index (χ4n) is 2.52. The maximum atomic E-state index is 12.5.